The van der Waals surface area contributed by atoms with Crippen LogP contribution in [0.4, 0.5) is 0 Å². The van der Waals surface area contributed by atoms with Gasteiger partial charge in [0.1, 0.15) is 17.2 Å². The molecular formula is C8H13ClN4O. The summed E-state index contributed by atoms with van der Waals surface area (Å²) in [4.78, 5) is 0. The van der Waals surface area contributed by atoms with E-state index in [0.29, 0.717) is 11.5 Å². The van der Waals surface area contributed by atoms with E-state index in [1.54, 1.807) is 6.92 Å². The quantitative estimate of drug-likeness (QED) is 0.439. The summed E-state index contributed by atoms with van der Waals surface area (Å²) in [6, 6.07) is 3.67. The predicted molar refractivity (Wildman–Crippen MR) is 58.7 cm³/mol. The molecule has 0 aliphatic carbocycles. The lowest BCUT2D eigenvalue weighted by Gasteiger charge is -1.91. The number of guanidine groups is 1. The Morgan fingerprint density at radius 3 is 2.36 bits per heavy atom. The first-order valence-electron chi connectivity index (χ1n) is 3.79. The minimum absolute atomic E-state index is 0. The second-order valence-corrected chi connectivity index (χ2v) is 2.62. The van der Waals surface area contributed by atoms with Gasteiger partial charge in [0, 0.05) is 0 Å². The van der Waals surface area contributed by atoms with Crippen molar-refractivity contribution in [3.8, 4) is 0 Å². The molecule has 5 nitrogen and oxygen atoms in total. The average Bonchev–Trinajstić information content (AvgIpc) is 2.47. The van der Waals surface area contributed by atoms with Gasteiger partial charge in [-0.1, -0.05) is 0 Å². The van der Waals surface area contributed by atoms with Crippen molar-refractivity contribution in [2.24, 2.45) is 21.7 Å². The number of hydrogen-bond donors (Lipinski definition) is 2. The van der Waals surface area contributed by atoms with E-state index in [0.717, 1.165) is 5.76 Å². The molecule has 4 N–H and O–H groups in total. The second-order valence-electron chi connectivity index (χ2n) is 2.62. The minimum atomic E-state index is -0.0670. The maximum absolute atomic E-state index is 5.30. The van der Waals surface area contributed by atoms with E-state index in [-0.39, 0.29) is 18.4 Å². The Kier molecular flexibility index (Phi) is 4.72. The van der Waals surface area contributed by atoms with Crippen molar-refractivity contribution in [1.29, 1.82) is 0 Å². The summed E-state index contributed by atoms with van der Waals surface area (Å²) in [6.45, 7) is 3.63. The molecule has 1 rings (SSSR count). The zero-order valence-electron chi connectivity index (χ0n) is 8.02. The highest BCUT2D eigenvalue weighted by Crippen LogP contribution is 2.07. The van der Waals surface area contributed by atoms with Crippen molar-refractivity contribution in [2.45, 2.75) is 13.8 Å². The molecule has 1 heterocycles. The molecule has 0 fully saturated rings. The molecule has 0 aliphatic heterocycles. The molecule has 0 saturated heterocycles. The molecule has 0 bridgehead atoms. The fourth-order valence-corrected chi connectivity index (χ4v) is 0.811. The van der Waals surface area contributed by atoms with Gasteiger partial charge in [0.15, 0.2) is 0 Å². The molecule has 0 saturated carbocycles. The van der Waals surface area contributed by atoms with E-state index in [4.69, 9.17) is 15.9 Å². The molecule has 6 heteroatoms. The summed E-state index contributed by atoms with van der Waals surface area (Å²) in [5.41, 5.74) is 10.9. The van der Waals surface area contributed by atoms with Crippen LogP contribution in [0, 0.1) is 6.92 Å². The first-order valence-corrected chi connectivity index (χ1v) is 3.79. The summed E-state index contributed by atoms with van der Waals surface area (Å²) in [7, 11) is 0. The Morgan fingerprint density at radius 2 is 1.93 bits per heavy atom. The number of nitrogens with zero attached hydrogens (tertiary/aromatic N) is 2. The maximum atomic E-state index is 5.30. The molecule has 0 aliphatic rings. The van der Waals surface area contributed by atoms with Crippen molar-refractivity contribution in [3.05, 3.63) is 23.7 Å². The molecule has 0 aromatic carbocycles. The van der Waals surface area contributed by atoms with Crippen LogP contribution in [0.2, 0.25) is 0 Å². The van der Waals surface area contributed by atoms with E-state index in [1.807, 2.05) is 19.1 Å². The van der Waals surface area contributed by atoms with E-state index in [2.05, 4.69) is 10.2 Å². The zero-order chi connectivity index (χ0) is 9.84. The second kappa shape index (κ2) is 5.29. The average molecular weight is 217 g/mol. The third-order valence-corrected chi connectivity index (χ3v) is 1.41. The third-order valence-electron chi connectivity index (χ3n) is 1.41. The van der Waals surface area contributed by atoms with Gasteiger partial charge in [0.2, 0.25) is 5.96 Å². The van der Waals surface area contributed by atoms with Gasteiger partial charge in [0.05, 0.1) is 0 Å². The van der Waals surface area contributed by atoms with Crippen LogP contribution in [0.1, 0.15) is 18.4 Å². The Balaban J connectivity index is 0.00000169. The molecule has 0 amide bonds. The molecule has 14 heavy (non-hydrogen) atoms. The Hall–Kier alpha value is -1.49. The predicted octanol–water partition coefficient (Wildman–Crippen LogP) is 1.01. The Morgan fingerprint density at radius 1 is 1.29 bits per heavy atom. The molecule has 1 aromatic rings. The van der Waals surface area contributed by atoms with E-state index in [9.17, 15) is 0 Å². The zero-order valence-corrected chi connectivity index (χ0v) is 8.84. The standard InChI is InChI=1S/C8H12N4O.ClH/c1-5-3-4-7(13-5)6(2)11-12-8(9)10;/h3-4H,1-2H3,(H4,9,10,12);1H. The summed E-state index contributed by atoms with van der Waals surface area (Å²) in [6.07, 6.45) is 0. The Bertz CT molecular complexity index is 352. The van der Waals surface area contributed by atoms with Crippen LogP contribution >= 0.6 is 12.4 Å². The molecule has 0 spiro atoms. The third kappa shape index (κ3) is 3.49. The smallest absolute Gasteiger partial charge is 0.211 e. The van der Waals surface area contributed by atoms with Crippen LogP contribution in [0.3, 0.4) is 0 Å². The maximum Gasteiger partial charge on any atom is 0.211 e. The number of nitrogens with two attached hydrogens (primary N) is 2. The number of aryl methyl sites for hydroxylation is 1. The summed E-state index contributed by atoms with van der Waals surface area (Å²) >= 11 is 0. The van der Waals surface area contributed by atoms with Crippen LogP contribution in [-0.2, 0) is 0 Å². The number of rotatable bonds is 2. The lowest BCUT2D eigenvalue weighted by Crippen LogP contribution is -2.22. The number of furan rings is 1. The van der Waals surface area contributed by atoms with Crippen molar-refractivity contribution in [1.82, 2.24) is 0 Å². The molecule has 0 atom stereocenters. The van der Waals surface area contributed by atoms with Gasteiger partial charge in [-0.2, -0.15) is 0 Å². The van der Waals surface area contributed by atoms with Crippen molar-refractivity contribution >= 4 is 24.1 Å². The highest BCUT2D eigenvalue weighted by Gasteiger charge is 2.01. The van der Waals surface area contributed by atoms with Crippen molar-refractivity contribution in [2.75, 3.05) is 0 Å². The molecular weight excluding hydrogens is 204 g/mol. The van der Waals surface area contributed by atoms with Gasteiger partial charge >= 0.3 is 0 Å². The number of halogens is 1. The van der Waals surface area contributed by atoms with Crippen molar-refractivity contribution < 1.29 is 4.42 Å². The summed E-state index contributed by atoms with van der Waals surface area (Å²) in [5.74, 6) is 1.43. The lowest BCUT2D eigenvalue weighted by atomic mass is 10.3. The van der Waals surface area contributed by atoms with Gasteiger partial charge in [0.25, 0.3) is 0 Å². The van der Waals surface area contributed by atoms with Crippen LogP contribution < -0.4 is 11.5 Å². The monoisotopic (exact) mass is 216 g/mol. The molecule has 0 radical (unpaired) electrons. The van der Waals surface area contributed by atoms with Gasteiger partial charge in [-0.05, 0) is 26.0 Å². The van der Waals surface area contributed by atoms with Crippen LogP contribution in [0.5, 0.6) is 0 Å². The van der Waals surface area contributed by atoms with Crippen LogP contribution in [-0.4, -0.2) is 11.7 Å². The van der Waals surface area contributed by atoms with Gasteiger partial charge in [-0.25, -0.2) is 0 Å². The van der Waals surface area contributed by atoms with Gasteiger partial charge in [-0.3, -0.25) is 0 Å². The number of hydrogen-bond acceptors (Lipinski definition) is 3. The van der Waals surface area contributed by atoms with Gasteiger partial charge in [-0.15, -0.1) is 22.6 Å². The largest absolute Gasteiger partial charge is 0.460 e. The summed E-state index contributed by atoms with van der Waals surface area (Å²) in [5, 5.41) is 7.28. The lowest BCUT2D eigenvalue weighted by molar-refractivity contribution is 0.525. The van der Waals surface area contributed by atoms with Gasteiger partial charge < -0.3 is 15.9 Å². The Labute approximate surface area is 88.3 Å². The first kappa shape index (κ1) is 12.5. The highest BCUT2D eigenvalue weighted by molar-refractivity contribution is 5.96. The van der Waals surface area contributed by atoms with Crippen molar-refractivity contribution in [3.63, 3.8) is 0 Å². The molecule has 0 unspecified atom stereocenters. The SMILES string of the molecule is CC(=NN=C(N)N)c1ccc(C)o1.Cl. The van der Waals surface area contributed by atoms with Crippen LogP contribution in [0.25, 0.3) is 0 Å². The molecule has 78 valence electrons. The highest BCUT2D eigenvalue weighted by atomic mass is 35.5. The fourth-order valence-electron chi connectivity index (χ4n) is 0.811. The minimum Gasteiger partial charge on any atom is -0.460 e. The van der Waals surface area contributed by atoms with E-state index < -0.39 is 0 Å². The summed E-state index contributed by atoms with van der Waals surface area (Å²) < 4.78 is 5.30. The fraction of sp³-hybridized carbons (Fsp3) is 0.250. The van der Waals surface area contributed by atoms with E-state index >= 15 is 0 Å². The topological polar surface area (TPSA) is 89.9 Å². The first-order chi connectivity index (χ1) is 6.09. The normalized spacial score (nSPS) is 10.6. The van der Waals surface area contributed by atoms with E-state index in [1.165, 1.54) is 0 Å². The van der Waals surface area contributed by atoms with Crippen LogP contribution in [0.15, 0.2) is 26.8 Å². The molecule has 1 aromatic heterocycles.